The van der Waals surface area contributed by atoms with Crippen molar-refractivity contribution in [1.29, 1.82) is 0 Å². The molecule has 0 bridgehead atoms. The molecular formula is C23H27N3O3. The molecule has 1 saturated heterocycles. The number of amides is 4. The van der Waals surface area contributed by atoms with E-state index in [0.29, 0.717) is 12.1 Å². The summed E-state index contributed by atoms with van der Waals surface area (Å²) >= 11 is 0. The van der Waals surface area contributed by atoms with Crippen LogP contribution in [-0.2, 0) is 15.1 Å². The summed E-state index contributed by atoms with van der Waals surface area (Å²) in [5.74, 6) is -0.778. The smallest absolute Gasteiger partial charge is 0.324 e. The minimum atomic E-state index is -1.12. The van der Waals surface area contributed by atoms with Crippen LogP contribution in [0.5, 0.6) is 0 Å². The predicted molar refractivity (Wildman–Crippen MR) is 112 cm³/mol. The highest BCUT2D eigenvalue weighted by Crippen LogP contribution is 2.34. The van der Waals surface area contributed by atoms with Crippen LogP contribution in [0.4, 0.5) is 10.5 Å². The number of hydrogen-bond acceptors (Lipinski definition) is 3. The van der Waals surface area contributed by atoms with Crippen LogP contribution >= 0.6 is 0 Å². The first-order valence-electron chi connectivity index (χ1n) is 9.94. The van der Waals surface area contributed by atoms with Gasteiger partial charge >= 0.3 is 6.03 Å². The number of carbonyl (C=O) groups excluding carboxylic acids is 3. The highest BCUT2D eigenvalue weighted by Gasteiger charge is 2.52. The molecule has 0 spiro atoms. The van der Waals surface area contributed by atoms with Gasteiger partial charge in [0.1, 0.15) is 12.1 Å². The summed E-state index contributed by atoms with van der Waals surface area (Å²) in [7, 11) is 0. The fourth-order valence-electron chi connectivity index (χ4n) is 3.65. The van der Waals surface area contributed by atoms with Crippen molar-refractivity contribution in [2.75, 3.05) is 11.9 Å². The summed E-state index contributed by atoms with van der Waals surface area (Å²) < 4.78 is 0. The maximum Gasteiger partial charge on any atom is 0.325 e. The number of imide groups is 1. The molecule has 2 aromatic rings. The second kappa shape index (κ2) is 8.47. The Morgan fingerprint density at radius 2 is 1.83 bits per heavy atom. The van der Waals surface area contributed by atoms with Gasteiger partial charge in [0.05, 0.1) is 0 Å². The van der Waals surface area contributed by atoms with Gasteiger partial charge in [-0.3, -0.25) is 14.5 Å². The Kier molecular flexibility index (Phi) is 6.01. The lowest BCUT2D eigenvalue weighted by Gasteiger charge is -2.27. The number of hydrogen-bond donors (Lipinski definition) is 2. The van der Waals surface area contributed by atoms with E-state index in [1.165, 1.54) is 0 Å². The highest BCUT2D eigenvalue weighted by atomic mass is 16.2. The van der Waals surface area contributed by atoms with E-state index in [1.54, 1.807) is 0 Å². The Bertz CT molecular complexity index is 926. The fourth-order valence-corrected chi connectivity index (χ4v) is 3.65. The molecule has 0 aromatic heterocycles. The summed E-state index contributed by atoms with van der Waals surface area (Å²) in [6, 6.07) is 14.5. The zero-order valence-electron chi connectivity index (χ0n) is 17.1. The van der Waals surface area contributed by atoms with Crippen molar-refractivity contribution in [2.24, 2.45) is 0 Å². The molecule has 1 aliphatic rings. The van der Waals surface area contributed by atoms with Crippen molar-refractivity contribution < 1.29 is 14.4 Å². The van der Waals surface area contributed by atoms with Crippen molar-refractivity contribution in [1.82, 2.24) is 10.2 Å². The van der Waals surface area contributed by atoms with Gasteiger partial charge in [0.25, 0.3) is 5.91 Å². The third kappa shape index (κ3) is 4.16. The summed E-state index contributed by atoms with van der Waals surface area (Å²) in [4.78, 5) is 39.6. The third-order valence-corrected chi connectivity index (χ3v) is 5.32. The first-order valence-corrected chi connectivity index (χ1v) is 9.94. The molecule has 29 heavy (non-hydrogen) atoms. The number of aryl methyl sites for hydroxylation is 2. The third-order valence-electron chi connectivity index (χ3n) is 5.32. The number of nitrogens with one attached hydrogen (secondary N) is 2. The lowest BCUT2D eigenvalue weighted by atomic mass is 9.85. The van der Waals surface area contributed by atoms with Crippen molar-refractivity contribution in [3.8, 4) is 0 Å². The van der Waals surface area contributed by atoms with E-state index in [9.17, 15) is 14.4 Å². The fraction of sp³-hybridized carbons (Fsp3) is 0.348. The van der Waals surface area contributed by atoms with Gasteiger partial charge in [-0.25, -0.2) is 4.79 Å². The molecule has 152 valence electrons. The number of carbonyl (C=O) groups is 3. The van der Waals surface area contributed by atoms with E-state index in [1.807, 2.05) is 69.3 Å². The predicted octanol–water partition coefficient (Wildman–Crippen LogP) is 3.88. The van der Waals surface area contributed by atoms with Crippen LogP contribution in [0.2, 0.25) is 0 Å². The van der Waals surface area contributed by atoms with Crippen molar-refractivity contribution in [2.45, 2.75) is 45.6 Å². The Hall–Kier alpha value is -3.15. The van der Waals surface area contributed by atoms with Crippen LogP contribution in [-0.4, -0.2) is 29.3 Å². The summed E-state index contributed by atoms with van der Waals surface area (Å²) in [6.07, 6.45) is 2.17. The van der Waals surface area contributed by atoms with E-state index in [0.717, 1.165) is 34.4 Å². The second-order valence-electron chi connectivity index (χ2n) is 7.56. The summed E-state index contributed by atoms with van der Waals surface area (Å²) in [5, 5.41) is 5.68. The number of benzene rings is 2. The number of rotatable bonds is 7. The monoisotopic (exact) mass is 393 g/mol. The molecule has 2 aromatic carbocycles. The second-order valence-corrected chi connectivity index (χ2v) is 7.56. The number of urea groups is 1. The topological polar surface area (TPSA) is 78.5 Å². The molecule has 6 heteroatoms. The molecule has 1 atom stereocenters. The first kappa shape index (κ1) is 20.6. The van der Waals surface area contributed by atoms with Gasteiger partial charge < -0.3 is 10.6 Å². The Morgan fingerprint density at radius 1 is 1.10 bits per heavy atom. The van der Waals surface area contributed by atoms with Gasteiger partial charge in [-0.05, 0) is 43.0 Å². The van der Waals surface area contributed by atoms with Crippen molar-refractivity contribution in [3.05, 3.63) is 65.2 Å². The number of nitrogens with zero attached hydrogens (tertiary/aromatic N) is 1. The van der Waals surface area contributed by atoms with Gasteiger partial charge in [-0.2, -0.15) is 0 Å². The Morgan fingerprint density at radius 3 is 2.52 bits per heavy atom. The standard InChI is InChI=1S/C23H27N3O3/c1-4-5-13-23(18-9-7-6-8-10-18)21(28)26(22(29)25-23)15-20(27)24-19-14-16(2)11-12-17(19)3/h6-12,14H,4-5,13,15H2,1-3H3,(H,24,27)(H,25,29). The largest absolute Gasteiger partial charge is 0.325 e. The average Bonchev–Trinajstić information content (AvgIpc) is 2.95. The molecular weight excluding hydrogens is 366 g/mol. The molecule has 4 amide bonds. The minimum absolute atomic E-state index is 0.321. The van der Waals surface area contributed by atoms with Gasteiger partial charge in [0.2, 0.25) is 5.91 Å². The molecule has 2 N–H and O–H groups in total. The van der Waals surface area contributed by atoms with Crippen LogP contribution < -0.4 is 10.6 Å². The summed E-state index contributed by atoms with van der Waals surface area (Å²) in [5.41, 5.74) is 2.24. The van der Waals surface area contributed by atoms with E-state index in [2.05, 4.69) is 10.6 Å². The summed E-state index contributed by atoms with van der Waals surface area (Å²) in [6.45, 7) is 5.55. The van der Waals surface area contributed by atoms with Gasteiger partial charge in [0, 0.05) is 5.69 Å². The van der Waals surface area contributed by atoms with Crippen LogP contribution in [0.3, 0.4) is 0 Å². The van der Waals surface area contributed by atoms with Crippen molar-refractivity contribution in [3.63, 3.8) is 0 Å². The molecule has 6 nitrogen and oxygen atoms in total. The van der Waals surface area contributed by atoms with Gasteiger partial charge in [-0.1, -0.05) is 62.2 Å². The minimum Gasteiger partial charge on any atom is -0.324 e. The molecule has 1 aliphatic heterocycles. The van der Waals surface area contributed by atoms with Gasteiger partial charge in [0.15, 0.2) is 0 Å². The molecule has 1 heterocycles. The van der Waals surface area contributed by atoms with Crippen LogP contribution in [0.15, 0.2) is 48.5 Å². The van der Waals surface area contributed by atoms with Gasteiger partial charge in [-0.15, -0.1) is 0 Å². The molecule has 0 radical (unpaired) electrons. The van der Waals surface area contributed by atoms with E-state index in [-0.39, 0.29) is 12.5 Å². The van der Waals surface area contributed by atoms with Crippen LogP contribution in [0.1, 0.15) is 42.9 Å². The maximum atomic E-state index is 13.3. The van der Waals surface area contributed by atoms with E-state index >= 15 is 0 Å². The molecule has 1 unspecified atom stereocenters. The quantitative estimate of drug-likeness (QED) is 0.701. The Balaban J connectivity index is 1.81. The van der Waals surface area contributed by atoms with Crippen LogP contribution in [0.25, 0.3) is 0 Å². The number of unbranched alkanes of at least 4 members (excludes halogenated alkanes) is 1. The zero-order chi connectivity index (χ0) is 21.0. The van der Waals surface area contributed by atoms with Crippen LogP contribution in [0, 0.1) is 13.8 Å². The highest BCUT2D eigenvalue weighted by molar-refractivity contribution is 6.10. The van der Waals surface area contributed by atoms with E-state index < -0.39 is 17.5 Å². The first-order chi connectivity index (χ1) is 13.9. The molecule has 0 aliphatic carbocycles. The Labute approximate surface area is 171 Å². The molecule has 1 fully saturated rings. The van der Waals surface area contributed by atoms with E-state index in [4.69, 9.17) is 0 Å². The lowest BCUT2D eigenvalue weighted by molar-refractivity contribution is -0.134. The molecule has 0 saturated carbocycles. The lowest BCUT2D eigenvalue weighted by Crippen LogP contribution is -2.44. The normalized spacial score (nSPS) is 18.7. The number of anilines is 1. The van der Waals surface area contributed by atoms with Crippen molar-refractivity contribution >= 4 is 23.5 Å². The average molecular weight is 393 g/mol. The SMILES string of the molecule is CCCCC1(c2ccccc2)NC(=O)N(CC(=O)Nc2cc(C)ccc2C)C1=O. The zero-order valence-corrected chi connectivity index (χ0v) is 17.1. The maximum absolute atomic E-state index is 13.3. The molecule has 3 rings (SSSR count).